The van der Waals surface area contributed by atoms with Gasteiger partial charge in [-0.05, 0) is 52.9 Å². The molecule has 244 valence electrons. The van der Waals surface area contributed by atoms with E-state index >= 15 is 0 Å². The van der Waals surface area contributed by atoms with Gasteiger partial charge in [0.25, 0.3) is 0 Å². The van der Waals surface area contributed by atoms with Crippen LogP contribution in [0.2, 0.25) is 5.15 Å². The van der Waals surface area contributed by atoms with E-state index in [1.807, 2.05) is 53.1 Å². The fourth-order valence-electron chi connectivity index (χ4n) is 4.78. The normalized spacial score (nSPS) is 11.9. The van der Waals surface area contributed by atoms with Crippen LogP contribution in [0.25, 0.3) is 22.5 Å². The maximum Gasteiger partial charge on any atom is 0.515 e. The molecule has 0 radical (unpaired) electrons. The van der Waals surface area contributed by atoms with Crippen molar-refractivity contribution >= 4 is 24.0 Å². The van der Waals surface area contributed by atoms with Crippen molar-refractivity contribution in [1.82, 2.24) is 35.1 Å². The molecule has 15 heteroatoms. The Morgan fingerprint density at radius 2 is 1.72 bits per heavy atom. The van der Waals surface area contributed by atoms with Gasteiger partial charge in [0.15, 0.2) is 11.4 Å². The summed E-state index contributed by atoms with van der Waals surface area (Å²) in [4.78, 5) is 34.3. The van der Waals surface area contributed by atoms with Crippen LogP contribution in [-0.4, -0.2) is 58.0 Å². The average molecular weight is 662 g/mol. The lowest BCUT2D eigenvalue weighted by Gasteiger charge is -2.12. The standard InChI is InChI=1S/C32H32ClN7O7/c1-3-4-9-29-34-30(33)28(19-41)38(29)18-22-10-14-24(15-11-22)26-7-5-6-8-27(26)31-35-37-39(36-31)21(2)46-32(42)47-25-16-12-23(13-17-25)20-45-40(43)44/h5-8,10-17,19,21,43-44H,3-4,9,18,20H2,1-2H3. The van der Waals surface area contributed by atoms with Crippen molar-refractivity contribution in [3.05, 3.63) is 101 Å². The van der Waals surface area contributed by atoms with Gasteiger partial charge in [-0.3, -0.25) is 15.2 Å². The van der Waals surface area contributed by atoms with Crippen LogP contribution in [0, 0.1) is 0 Å². The van der Waals surface area contributed by atoms with E-state index in [2.05, 4.69) is 32.2 Å². The maximum atomic E-state index is 12.4. The number of carbonyl (C=O) groups excluding carboxylic acids is 2. The van der Waals surface area contributed by atoms with Crippen molar-refractivity contribution in [2.24, 2.45) is 0 Å². The van der Waals surface area contributed by atoms with Gasteiger partial charge in [0, 0.05) is 18.5 Å². The van der Waals surface area contributed by atoms with Crippen molar-refractivity contribution < 1.29 is 34.3 Å². The van der Waals surface area contributed by atoms with E-state index in [0.717, 1.165) is 53.6 Å². The number of ether oxygens (including phenoxy) is 2. The minimum atomic E-state index is -0.978. The third-order valence-corrected chi connectivity index (χ3v) is 7.45. The number of hydrogen-bond donors (Lipinski definition) is 2. The SMILES string of the molecule is CCCCc1nc(Cl)c(C=O)n1Cc1ccc(-c2ccccc2-c2nnn(C(C)OC(=O)Oc3ccc(CON(O)O)cc3)n2)cc1. The number of rotatable bonds is 14. The summed E-state index contributed by atoms with van der Waals surface area (Å²) in [5.41, 5.74) is 4.46. The van der Waals surface area contributed by atoms with Crippen LogP contribution in [0.15, 0.2) is 72.8 Å². The van der Waals surface area contributed by atoms with Crippen molar-refractivity contribution in [3.8, 4) is 28.3 Å². The fraction of sp³-hybridized carbons (Fsp3) is 0.250. The molecule has 0 aliphatic rings. The lowest BCUT2D eigenvalue weighted by molar-refractivity contribution is -0.497. The summed E-state index contributed by atoms with van der Waals surface area (Å²) >= 11 is 6.25. The molecule has 1 atom stereocenters. The monoisotopic (exact) mass is 661 g/mol. The molecule has 0 spiro atoms. The number of unbranched alkanes of at least 4 members (excludes halogenated alkanes) is 1. The zero-order valence-corrected chi connectivity index (χ0v) is 26.3. The Balaban J connectivity index is 1.25. The van der Waals surface area contributed by atoms with E-state index in [4.69, 9.17) is 31.5 Å². The summed E-state index contributed by atoms with van der Waals surface area (Å²) in [7, 11) is 0. The molecule has 5 rings (SSSR count). The summed E-state index contributed by atoms with van der Waals surface area (Å²) in [5, 5.41) is 29.8. The van der Waals surface area contributed by atoms with Gasteiger partial charge in [-0.25, -0.2) is 14.6 Å². The molecule has 0 aliphatic heterocycles. The Labute approximate surface area is 274 Å². The largest absolute Gasteiger partial charge is 0.515 e. The number of benzene rings is 3. The van der Waals surface area contributed by atoms with Crippen LogP contribution >= 0.6 is 11.6 Å². The Morgan fingerprint density at radius 3 is 2.40 bits per heavy atom. The predicted molar refractivity (Wildman–Crippen MR) is 167 cm³/mol. The summed E-state index contributed by atoms with van der Waals surface area (Å²) in [6.45, 7) is 4.03. The van der Waals surface area contributed by atoms with E-state index < -0.39 is 12.4 Å². The number of halogens is 1. The molecular weight excluding hydrogens is 630 g/mol. The first-order valence-electron chi connectivity index (χ1n) is 14.7. The number of aromatic nitrogens is 6. The topological polar surface area (TPSA) is 167 Å². The highest BCUT2D eigenvalue weighted by molar-refractivity contribution is 6.31. The van der Waals surface area contributed by atoms with Crippen LogP contribution in [0.4, 0.5) is 4.79 Å². The second kappa shape index (κ2) is 15.5. The van der Waals surface area contributed by atoms with Crippen LogP contribution in [0.3, 0.4) is 0 Å². The molecule has 0 amide bonds. The first-order chi connectivity index (χ1) is 22.7. The van der Waals surface area contributed by atoms with Gasteiger partial charge in [0.1, 0.15) is 17.3 Å². The van der Waals surface area contributed by atoms with Crippen molar-refractivity contribution in [2.75, 3.05) is 0 Å². The molecule has 3 aromatic carbocycles. The molecule has 0 fully saturated rings. The van der Waals surface area contributed by atoms with Gasteiger partial charge in [-0.1, -0.05) is 85.6 Å². The number of nitrogens with zero attached hydrogens (tertiary/aromatic N) is 7. The highest BCUT2D eigenvalue weighted by Gasteiger charge is 2.19. The molecule has 2 N–H and O–H groups in total. The molecule has 0 saturated heterocycles. The van der Waals surface area contributed by atoms with Crippen LogP contribution < -0.4 is 4.74 Å². The molecular formula is C32H32ClN7O7. The molecule has 5 aromatic rings. The number of hydrogen-bond acceptors (Lipinski definition) is 12. The fourth-order valence-corrected chi connectivity index (χ4v) is 5.02. The zero-order chi connectivity index (χ0) is 33.3. The quantitative estimate of drug-likeness (QED) is 0.0590. The third kappa shape index (κ3) is 8.44. The third-order valence-electron chi connectivity index (χ3n) is 7.17. The van der Waals surface area contributed by atoms with Gasteiger partial charge in [-0.2, -0.15) is 0 Å². The van der Waals surface area contributed by atoms with E-state index in [9.17, 15) is 9.59 Å². The second-order valence-corrected chi connectivity index (χ2v) is 10.8. The number of tetrazole rings is 1. The zero-order valence-electron chi connectivity index (χ0n) is 25.6. The first-order valence-corrected chi connectivity index (χ1v) is 15.1. The smallest absolute Gasteiger partial charge is 0.407 e. The van der Waals surface area contributed by atoms with Crippen LogP contribution in [0.5, 0.6) is 5.75 Å². The number of imidazole rings is 1. The second-order valence-electron chi connectivity index (χ2n) is 10.4. The molecule has 0 aliphatic carbocycles. The Morgan fingerprint density at radius 1 is 1.02 bits per heavy atom. The highest BCUT2D eigenvalue weighted by atomic mass is 35.5. The Bertz CT molecular complexity index is 1810. The summed E-state index contributed by atoms with van der Waals surface area (Å²) in [6, 6.07) is 21.7. The number of aryl methyl sites for hydroxylation is 1. The lowest BCUT2D eigenvalue weighted by atomic mass is 9.98. The molecule has 14 nitrogen and oxygen atoms in total. The maximum absolute atomic E-state index is 12.4. The van der Waals surface area contributed by atoms with Crippen LogP contribution in [-0.2, 0) is 29.1 Å². The number of carbonyl (C=O) groups is 2. The molecule has 0 bridgehead atoms. The summed E-state index contributed by atoms with van der Waals surface area (Å²) in [5.74, 6) is 1.33. The van der Waals surface area contributed by atoms with Gasteiger partial charge < -0.3 is 14.0 Å². The van der Waals surface area contributed by atoms with Gasteiger partial charge in [-0.15, -0.1) is 15.0 Å². The summed E-state index contributed by atoms with van der Waals surface area (Å²) < 4.78 is 12.4. The van der Waals surface area contributed by atoms with Crippen molar-refractivity contribution in [1.29, 1.82) is 0 Å². The highest BCUT2D eigenvalue weighted by Crippen LogP contribution is 2.31. The van der Waals surface area contributed by atoms with E-state index in [-0.39, 0.29) is 22.9 Å². The predicted octanol–water partition coefficient (Wildman–Crippen LogP) is 6.31. The molecule has 2 heterocycles. The van der Waals surface area contributed by atoms with E-state index in [0.29, 0.717) is 23.6 Å². The average Bonchev–Trinajstić information content (AvgIpc) is 3.68. The van der Waals surface area contributed by atoms with Crippen molar-refractivity contribution in [2.45, 2.75) is 52.5 Å². The van der Waals surface area contributed by atoms with E-state index in [1.54, 1.807) is 19.1 Å². The van der Waals surface area contributed by atoms with Crippen molar-refractivity contribution in [3.63, 3.8) is 0 Å². The van der Waals surface area contributed by atoms with E-state index in [1.165, 1.54) is 16.9 Å². The van der Waals surface area contributed by atoms with Gasteiger partial charge >= 0.3 is 6.16 Å². The molecule has 0 saturated carbocycles. The number of aldehydes is 1. The Kier molecular flexibility index (Phi) is 11.0. The van der Waals surface area contributed by atoms with Gasteiger partial charge in [0.05, 0.1) is 12.0 Å². The first kappa shape index (κ1) is 33.4. The molecule has 2 aromatic heterocycles. The molecule has 47 heavy (non-hydrogen) atoms. The van der Waals surface area contributed by atoms with Gasteiger partial charge in [0.2, 0.25) is 12.1 Å². The minimum Gasteiger partial charge on any atom is -0.407 e. The lowest BCUT2D eigenvalue weighted by Crippen LogP contribution is -2.19. The molecule has 1 unspecified atom stereocenters. The summed E-state index contributed by atoms with van der Waals surface area (Å²) in [6.07, 6.45) is 1.51. The van der Waals surface area contributed by atoms with Crippen LogP contribution in [0.1, 0.15) is 60.4 Å². The minimum absolute atomic E-state index is 0.102. The Hall–Kier alpha value is -4.99.